The van der Waals surface area contributed by atoms with Gasteiger partial charge in [-0.2, -0.15) is 0 Å². The maximum Gasteiger partial charge on any atom is 0.339 e. The molecule has 1 heterocycles. The fourth-order valence-corrected chi connectivity index (χ4v) is 3.19. The number of ether oxygens (including phenoxy) is 2. The molecule has 1 saturated heterocycles. The van der Waals surface area contributed by atoms with E-state index in [1.807, 2.05) is 0 Å². The standard InChI is InChI=1S/C15H17ClO4/c16-12-4-1-3-11(14(17)18)13(12)20-10-5-8-19-15(9-10)6-2-7-15/h1,3-4,10H,2,5-9H2,(H,17,18). The number of rotatable bonds is 3. The summed E-state index contributed by atoms with van der Waals surface area (Å²) in [7, 11) is 0. The second kappa shape index (κ2) is 5.26. The predicted octanol–water partition coefficient (Wildman–Crippen LogP) is 3.52. The second-order valence-electron chi connectivity index (χ2n) is 5.54. The van der Waals surface area contributed by atoms with Crippen LogP contribution in [0.25, 0.3) is 0 Å². The molecule has 0 amide bonds. The average Bonchev–Trinajstić information content (AvgIpc) is 2.39. The van der Waals surface area contributed by atoms with Crippen LogP contribution in [0.5, 0.6) is 5.75 Å². The topological polar surface area (TPSA) is 55.8 Å². The highest BCUT2D eigenvalue weighted by Crippen LogP contribution is 2.43. The van der Waals surface area contributed by atoms with Gasteiger partial charge in [-0.1, -0.05) is 17.7 Å². The zero-order valence-corrected chi connectivity index (χ0v) is 11.9. The van der Waals surface area contributed by atoms with Crippen molar-refractivity contribution in [2.24, 2.45) is 0 Å². The number of carboxylic acid groups (broad SMARTS) is 1. The molecule has 5 heteroatoms. The lowest BCUT2D eigenvalue weighted by atomic mass is 9.74. The van der Waals surface area contributed by atoms with Gasteiger partial charge in [-0.15, -0.1) is 0 Å². The van der Waals surface area contributed by atoms with Gasteiger partial charge in [0.15, 0.2) is 5.75 Å². The fourth-order valence-electron chi connectivity index (χ4n) is 2.97. The quantitative estimate of drug-likeness (QED) is 0.927. The molecule has 1 spiro atoms. The minimum atomic E-state index is -1.02. The van der Waals surface area contributed by atoms with E-state index in [0.29, 0.717) is 11.6 Å². The van der Waals surface area contributed by atoms with Crippen molar-refractivity contribution in [1.29, 1.82) is 0 Å². The molecule has 2 aliphatic rings. The van der Waals surface area contributed by atoms with Crippen molar-refractivity contribution in [3.8, 4) is 5.75 Å². The lowest BCUT2D eigenvalue weighted by Gasteiger charge is -2.47. The van der Waals surface area contributed by atoms with E-state index < -0.39 is 5.97 Å². The zero-order chi connectivity index (χ0) is 14.2. The van der Waals surface area contributed by atoms with Crippen LogP contribution in [0.4, 0.5) is 0 Å². The normalized spacial score (nSPS) is 24.1. The summed E-state index contributed by atoms with van der Waals surface area (Å²) in [5.41, 5.74) is 0.0831. The van der Waals surface area contributed by atoms with Crippen molar-refractivity contribution in [2.75, 3.05) is 6.61 Å². The SMILES string of the molecule is O=C(O)c1cccc(Cl)c1OC1CCOC2(CCC2)C1. The van der Waals surface area contributed by atoms with Crippen molar-refractivity contribution in [3.05, 3.63) is 28.8 Å². The molecule has 4 nitrogen and oxygen atoms in total. The molecule has 1 atom stereocenters. The third kappa shape index (κ3) is 2.50. The summed E-state index contributed by atoms with van der Waals surface area (Å²) in [6, 6.07) is 4.79. The van der Waals surface area contributed by atoms with E-state index in [0.717, 1.165) is 25.7 Å². The molecule has 3 rings (SSSR count). The Balaban J connectivity index is 1.79. The molecule has 1 aromatic rings. The van der Waals surface area contributed by atoms with Crippen molar-refractivity contribution < 1.29 is 19.4 Å². The van der Waals surface area contributed by atoms with Crippen LogP contribution in [-0.2, 0) is 4.74 Å². The number of hydrogen-bond donors (Lipinski definition) is 1. The second-order valence-corrected chi connectivity index (χ2v) is 5.95. The van der Waals surface area contributed by atoms with E-state index in [4.69, 9.17) is 21.1 Å². The summed E-state index contributed by atoms with van der Waals surface area (Å²) in [5.74, 6) is -0.740. The number of aromatic carboxylic acids is 1. The van der Waals surface area contributed by atoms with Crippen LogP contribution in [-0.4, -0.2) is 29.4 Å². The lowest BCUT2D eigenvalue weighted by Crippen LogP contribution is -2.48. The van der Waals surface area contributed by atoms with Crippen LogP contribution in [0.2, 0.25) is 5.02 Å². The third-order valence-corrected chi connectivity index (χ3v) is 4.49. The summed E-state index contributed by atoms with van der Waals surface area (Å²) in [4.78, 5) is 11.2. The maximum absolute atomic E-state index is 11.2. The molecule has 0 radical (unpaired) electrons. The Bertz CT molecular complexity index is 525. The molecule has 108 valence electrons. The number of hydrogen-bond acceptors (Lipinski definition) is 3. The first-order valence-corrected chi connectivity index (χ1v) is 7.30. The van der Waals surface area contributed by atoms with Gasteiger partial charge >= 0.3 is 5.97 Å². The Kier molecular flexibility index (Phi) is 3.61. The minimum Gasteiger partial charge on any atom is -0.488 e. The Hall–Kier alpha value is -1.26. The molecular weight excluding hydrogens is 280 g/mol. The Morgan fingerprint density at radius 1 is 1.45 bits per heavy atom. The molecule has 1 N–H and O–H groups in total. The summed E-state index contributed by atoms with van der Waals surface area (Å²) in [6.45, 7) is 0.664. The number of carbonyl (C=O) groups is 1. The van der Waals surface area contributed by atoms with Crippen LogP contribution in [0, 0.1) is 0 Å². The molecule has 0 bridgehead atoms. The highest BCUT2D eigenvalue weighted by Gasteiger charge is 2.43. The molecule has 0 aromatic heterocycles. The Morgan fingerprint density at radius 2 is 2.25 bits per heavy atom. The number of para-hydroxylation sites is 1. The fraction of sp³-hybridized carbons (Fsp3) is 0.533. The molecule has 1 saturated carbocycles. The maximum atomic E-state index is 11.2. The van der Waals surface area contributed by atoms with Gasteiger partial charge in [0.1, 0.15) is 11.7 Å². The smallest absolute Gasteiger partial charge is 0.339 e. The number of carboxylic acids is 1. The highest BCUT2D eigenvalue weighted by atomic mass is 35.5. The van der Waals surface area contributed by atoms with Crippen LogP contribution in [0.3, 0.4) is 0 Å². The zero-order valence-electron chi connectivity index (χ0n) is 11.1. The molecule has 1 aliphatic carbocycles. The molecular formula is C15H17ClO4. The minimum absolute atomic E-state index is 0.0259. The van der Waals surface area contributed by atoms with Gasteiger partial charge in [0.05, 0.1) is 17.2 Å². The largest absolute Gasteiger partial charge is 0.488 e. The van der Waals surface area contributed by atoms with Crippen LogP contribution >= 0.6 is 11.6 Å². The highest BCUT2D eigenvalue weighted by molar-refractivity contribution is 6.32. The van der Waals surface area contributed by atoms with Crippen molar-refractivity contribution in [2.45, 2.75) is 43.8 Å². The first kappa shape index (κ1) is 13.7. The summed E-state index contributed by atoms with van der Waals surface area (Å²) in [6.07, 6.45) is 4.90. The Labute approximate surface area is 122 Å². The third-order valence-electron chi connectivity index (χ3n) is 4.19. The first-order valence-electron chi connectivity index (χ1n) is 6.92. The predicted molar refractivity (Wildman–Crippen MR) is 74.6 cm³/mol. The van der Waals surface area contributed by atoms with Gasteiger partial charge in [0.25, 0.3) is 0 Å². The van der Waals surface area contributed by atoms with E-state index in [-0.39, 0.29) is 23.0 Å². The molecule has 1 aliphatic heterocycles. The monoisotopic (exact) mass is 296 g/mol. The molecule has 20 heavy (non-hydrogen) atoms. The van der Waals surface area contributed by atoms with Gasteiger partial charge in [0.2, 0.25) is 0 Å². The molecule has 1 aromatic carbocycles. The number of benzene rings is 1. The summed E-state index contributed by atoms with van der Waals surface area (Å²) >= 11 is 6.09. The Morgan fingerprint density at radius 3 is 2.90 bits per heavy atom. The summed E-state index contributed by atoms with van der Waals surface area (Å²) in [5, 5.41) is 9.56. The van der Waals surface area contributed by atoms with Crippen molar-refractivity contribution >= 4 is 17.6 Å². The average molecular weight is 297 g/mol. The van der Waals surface area contributed by atoms with Crippen LogP contribution in [0.1, 0.15) is 42.5 Å². The van der Waals surface area contributed by atoms with E-state index in [2.05, 4.69) is 0 Å². The molecule has 2 fully saturated rings. The van der Waals surface area contributed by atoms with E-state index in [9.17, 15) is 9.90 Å². The van der Waals surface area contributed by atoms with Crippen molar-refractivity contribution in [3.63, 3.8) is 0 Å². The lowest BCUT2D eigenvalue weighted by molar-refractivity contribution is -0.153. The van der Waals surface area contributed by atoms with E-state index >= 15 is 0 Å². The van der Waals surface area contributed by atoms with E-state index in [1.165, 1.54) is 12.5 Å². The van der Waals surface area contributed by atoms with Gasteiger partial charge in [-0.05, 0) is 31.4 Å². The van der Waals surface area contributed by atoms with E-state index in [1.54, 1.807) is 12.1 Å². The first-order chi connectivity index (χ1) is 9.60. The van der Waals surface area contributed by atoms with Crippen LogP contribution in [0.15, 0.2) is 18.2 Å². The summed E-state index contributed by atoms with van der Waals surface area (Å²) < 4.78 is 11.8. The van der Waals surface area contributed by atoms with Gasteiger partial charge in [0, 0.05) is 12.8 Å². The number of halogens is 1. The van der Waals surface area contributed by atoms with Gasteiger partial charge in [-0.25, -0.2) is 4.79 Å². The van der Waals surface area contributed by atoms with Gasteiger partial charge < -0.3 is 14.6 Å². The van der Waals surface area contributed by atoms with Gasteiger partial charge in [-0.3, -0.25) is 0 Å². The molecule has 1 unspecified atom stereocenters. The van der Waals surface area contributed by atoms with Crippen molar-refractivity contribution in [1.82, 2.24) is 0 Å². The van der Waals surface area contributed by atoms with Crippen LogP contribution < -0.4 is 4.74 Å².